The molecule has 1 aromatic carbocycles. The first-order valence-electron chi connectivity index (χ1n) is 4.47. The highest BCUT2D eigenvalue weighted by molar-refractivity contribution is 7.80. The molecule has 0 spiro atoms. The first-order valence-corrected chi connectivity index (χ1v) is 5.11. The van der Waals surface area contributed by atoms with Gasteiger partial charge in [-0.25, -0.2) is 4.39 Å². The number of hydrogen-bond donors (Lipinski definition) is 1. The van der Waals surface area contributed by atoms with Gasteiger partial charge in [0.2, 0.25) is 0 Å². The fourth-order valence-corrected chi connectivity index (χ4v) is 1.18. The summed E-state index contributed by atoms with van der Waals surface area (Å²) < 4.78 is 18.5. The lowest BCUT2D eigenvalue weighted by atomic mass is 10.2. The van der Waals surface area contributed by atoms with Crippen LogP contribution in [0.15, 0.2) is 24.3 Å². The predicted molar refractivity (Wildman–Crippen MR) is 60.5 cm³/mol. The first kappa shape index (κ1) is 11.1. The molecule has 0 aliphatic carbocycles. The lowest BCUT2D eigenvalue weighted by Crippen LogP contribution is -1.92. The van der Waals surface area contributed by atoms with Crippen LogP contribution in [0, 0.1) is 5.82 Å². The van der Waals surface area contributed by atoms with Crippen LogP contribution in [0.5, 0.6) is 5.75 Å². The van der Waals surface area contributed by atoms with Crippen molar-refractivity contribution in [2.45, 2.75) is 6.92 Å². The molecule has 3 heteroatoms. The minimum Gasteiger partial charge on any atom is -0.494 e. The standard InChI is InChI=1S/C11H13FOS/c1-2-13-10-6-5-9(4-3-7-14)11(12)8-10/h3-6,8,14H,2,7H2,1H3. The zero-order chi connectivity index (χ0) is 10.4. The molecule has 0 saturated carbocycles. The lowest BCUT2D eigenvalue weighted by Gasteiger charge is -2.03. The van der Waals surface area contributed by atoms with E-state index in [9.17, 15) is 4.39 Å². The molecule has 0 amide bonds. The van der Waals surface area contributed by atoms with Crippen molar-refractivity contribution in [1.82, 2.24) is 0 Å². The highest BCUT2D eigenvalue weighted by Crippen LogP contribution is 2.17. The minimum absolute atomic E-state index is 0.269. The normalized spacial score (nSPS) is 10.8. The van der Waals surface area contributed by atoms with Crippen molar-refractivity contribution in [3.05, 3.63) is 35.7 Å². The molecule has 0 N–H and O–H groups in total. The molecule has 1 rings (SSSR count). The minimum atomic E-state index is -0.269. The maximum atomic E-state index is 13.3. The zero-order valence-electron chi connectivity index (χ0n) is 8.03. The smallest absolute Gasteiger partial charge is 0.134 e. The van der Waals surface area contributed by atoms with Crippen LogP contribution in [0.4, 0.5) is 4.39 Å². The van der Waals surface area contributed by atoms with E-state index in [1.54, 1.807) is 24.3 Å². The summed E-state index contributed by atoms with van der Waals surface area (Å²) in [6, 6.07) is 4.84. The molecule has 1 nitrogen and oxygen atoms in total. The van der Waals surface area contributed by atoms with Crippen LogP contribution in [0.2, 0.25) is 0 Å². The Labute approximate surface area is 89.0 Å². The van der Waals surface area contributed by atoms with E-state index in [1.165, 1.54) is 6.07 Å². The summed E-state index contributed by atoms with van der Waals surface area (Å²) in [4.78, 5) is 0. The molecule has 14 heavy (non-hydrogen) atoms. The first-order chi connectivity index (χ1) is 6.77. The van der Waals surface area contributed by atoms with Gasteiger partial charge >= 0.3 is 0 Å². The number of thiol groups is 1. The summed E-state index contributed by atoms with van der Waals surface area (Å²) >= 11 is 4.00. The number of hydrogen-bond acceptors (Lipinski definition) is 2. The summed E-state index contributed by atoms with van der Waals surface area (Å²) in [5.74, 6) is 0.897. The van der Waals surface area contributed by atoms with Crippen molar-refractivity contribution in [1.29, 1.82) is 0 Å². The van der Waals surface area contributed by atoms with Crippen LogP contribution >= 0.6 is 12.6 Å². The van der Waals surface area contributed by atoms with Gasteiger partial charge in [-0.3, -0.25) is 0 Å². The molecule has 0 bridgehead atoms. The molecule has 0 unspecified atom stereocenters. The second kappa shape index (κ2) is 5.70. The summed E-state index contributed by atoms with van der Waals surface area (Å²) in [5.41, 5.74) is 0.558. The van der Waals surface area contributed by atoms with Crippen molar-refractivity contribution >= 4 is 18.7 Å². The van der Waals surface area contributed by atoms with Gasteiger partial charge in [-0.05, 0) is 19.1 Å². The Morgan fingerprint density at radius 1 is 1.50 bits per heavy atom. The molecule has 0 heterocycles. The summed E-state index contributed by atoms with van der Waals surface area (Å²) in [6.07, 6.45) is 3.50. The van der Waals surface area contributed by atoms with Gasteiger partial charge < -0.3 is 4.74 Å². The van der Waals surface area contributed by atoms with Crippen molar-refractivity contribution in [3.63, 3.8) is 0 Å². The predicted octanol–water partition coefficient (Wildman–Crippen LogP) is 3.17. The van der Waals surface area contributed by atoms with Gasteiger partial charge in [0.15, 0.2) is 0 Å². The molecule has 0 aromatic heterocycles. The fourth-order valence-electron chi connectivity index (χ4n) is 1.08. The molecule has 1 aromatic rings. The van der Waals surface area contributed by atoms with E-state index in [0.29, 0.717) is 23.7 Å². The number of benzene rings is 1. The maximum absolute atomic E-state index is 13.3. The molecule has 0 saturated heterocycles. The van der Waals surface area contributed by atoms with Crippen molar-refractivity contribution in [2.75, 3.05) is 12.4 Å². The van der Waals surface area contributed by atoms with E-state index < -0.39 is 0 Å². The second-order valence-electron chi connectivity index (χ2n) is 2.70. The van der Waals surface area contributed by atoms with Gasteiger partial charge in [0.05, 0.1) is 6.61 Å². The third kappa shape index (κ3) is 3.07. The van der Waals surface area contributed by atoms with Crippen molar-refractivity contribution in [2.24, 2.45) is 0 Å². The maximum Gasteiger partial charge on any atom is 0.134 e. The van der Waals surface area contributed by atoms with E-state index >= 15 is 0 Å². The second-order valence-corrected chi connectivity index (χ2v) is 3.07. The van der Waals surface area contributed by atoms with E-state index in [4.69, 9.17) is 4.74 Å². The monoisotopic (exact) mass is 212 g/mol. The van der Waals surface area contributed by atoms with Crippen molar-refractivity contribution < 1.29 is 9.13 Å². The Hall–Kier alpha value is -0.960. The molecule has 0 aliphatic heterocycles. The third-order valence-electron chi connectivity index (χ3n) is 1.69. The molecule has 0 radical (unpaired) electrons. The van der Waals surface area contributed by atoms with E-state index in [-0.39, 0.29) is 5.82 Å². The summed E-state index contributed by atoms with van der Waals surface area (Å²) in [6.45, 7) is 2.41. The van der Waals surface area contributed by atoms with Crippen LogP contribution in [0.25, 0.3) is 6.08 Å². The lowest BCUT2D eigenvalue weighted by molar-refractivity contribution is 0.338. The Bertz CT molecular complexity index is 323. The van der Waals surface area contributed by atoms with Crippen LogP contribution in [-0.4, -0.2) is 12.4 Å². The Morgan fingerprint density at radius 2 is 2.29 bits per heavy atom. The SMILES string of the molecule is CCOc1ccc(C=CCS)c(F)c1. The molecular weight excluding hydrogens is 199 g/mol. The van der Waals surface area contributed by atoms with Crippen LogP contribution in [0.3, 0.4) is 0 Å². The van der Waals surface area contributed by atoms with Gasteiger partial charge in [-0.15, -0.1) is 0 Å². The average Bonchev–Trinajstić information content (AvgIpc) is 2.17. The molecule has 76 valence electrons. The van der Waals surface area contributed by atoms with E-state index in [1.807, 2.05) is 6.92 Å². The van der Waals surface area contributed by atoms with Gasteiger partial charge in [-0.1, -0.05) is 12.2 Å². The van der Waals surface area contributed by atoms with Crippen LogP contribution in [0.1, 0.15) is 12.5 Å². The Morgan fingerprint density at radius 3 is 2.86 bits per heavy atom. The molecular formula is C11H13FOS. The fraction of sp³-hybridized carbons (Fsp3) is 0.273. The number of rotatable bonds is 4. The number of ether oxygens (including phenoxy) is 1. The van der Waals surface area contributed by atoms with Gasteiger partial charge in [0.25, 0.3) is 0 Å². The molecule has 0 atom stereocenters. The topological polar surface area (TPSA) is 9.23 Å². The zero-order valence-corrected chi connectivity index (χ0v) is 8.93. The number of halogens is 1. The quantitative estimate of drug-likeness (QED) is 0.754. The Kier molecular flexibility index (Phi) is 4.53. The average molecular weight is 212 g/mol. The summed E-state index contributed by atoms with van der Waals surface area (Å²) in [7, 11) is 0. The highest BCUT2D eigenvalue weighted by Gasteiger charge is 2.00. The van der Waals surface area contributed by atoms with Crippen LogP contribution in [-0.2, 0) is 0 Å². The van der Waals surface area contributed by atoms with Crippen molar-refractivity contribution in [3.8, 4) is 5.75 Å². The molecule has 0 aliphatic rings. The van der Waals surface area contributed by atoms with Gasteiger partial charge in [0, 0.05) is 17.4 Å². The largest absolute Gasteiger partial charge is 0.494 e. The van der Waals surface area contributed by atoms with Gasteiger partial charge in [-0.2, -0.15) is 12.6 Å². The third-order valence-corrected chi connectivity index (χ3v) is 1.90. The van der Waals surface area contributed by atoms with Crippen LogP contribution < -0.4 is 4.74 Å². The summed E-state index contributed by atoms with van der Waals surface area (Å²) in [5, 5.41) is 0. The van der Waals surface area contributed by atoms with E-state index in [0.717, 1.165) is 0 Å². The van der Waals surface area contributed by atoms with E-state index in [2.05, 4.69) is 12.6 Å². The Balaban J connectivity index is 2.84. The molecule has 0 fully saturated rings. The van der Waals surface area contributed by atoms with Gasteiger partial charge in [0.1, 0.15) is 11.6 Å². The highest BCUT2D eigenvalue weighted by atomic mass is 32.1.